The molecule has 4 heteroatoms. The van der Waals surface area contributed by atoms with Crippen LogP contribution in [0.4, 0.5) is 14.5 Å². The smallest absolute Gasteiger partial charge is 0.124 e. The minimum atomic E-state index is -0.277. The lowest BCUT2D eigenvalue weighted by molar-refractivity contribution is 0.624. The third kappa shape index (κ3) is 3.32. The van der Waals surface area contributed by atoms with E-state index in [4.69, 9.17) is 0 Å². The van der Waals surface area contributed by atoms with E-state index in [9.17, 15) is 8.78 Å². The number of hydrogen-bond acceptors (Lipinski definition) is 1. The molecule has 0 heterocycles. The number of rotatable bonds is 3. The van der Waals surface area contributed by atoms with E-state index in [-0.39, 0.29) is 17.7 Å². The summed E-state index contributed by atoms with van der Waals surface area (Å²) in [7, 11) is 0. The van der Waals surface area contributed by atoms with Crippen LogP contribution in [0.25, 0.3) is 0 Å². The minimum absolute atomic E-state index is 0.0147. The zero-order chi connectivity index (χ0) is 14.0. The van der Waals surface area contributed by atoms with Crippen LogP contribution in [0.3, 0.4) is 0 Å². The molecular weight excluding hydrogens is 312 g/mol. The van der Waals surface area contributed by atoms with Crippen LogP contribution in [0.5, 0.6) is 0 Å². The molecular formula is C15H14BrF2N. The van der Waals surface area contributed by atoms with Crippen LogP contribution in [0.1, 0.15) is 24.1 Å². The summed E-state index contributed by atoms with van der Waals surface area (Å²) in [6.45, 7) is 3.82. The molecule has 1 nitrogen and oxygen atoms in total. The van der Waals surface area contributed by atoms with Gasteiger partial charge in [0.05, 0.1) is 0 Å². The molecule has 0 aromatic heterocycles. The molecule has 0 aliphatic rings. The van der Waals surface area contributed by atoms with Gasteiger partial charge in [-0.3, -0.25) is 0 Å². The predicted octanol–water partition coefficient (Wildman–Crippen LogP) is 5.21. The van der Waals surface area contributed by atoms with E-state index >= 15 is 0 Å². The summed E-state index contributed by atoms with van der Waals surface area (Å²) in [6, 6.07) is 9.19. The lowest BCUT2D eigenvalue weighted by Gasteiger charge is -2.18. The zero-order valence-corrected chi connectivity index (χ0v) is 12.3. The third-order valence-electron chi connectivity index (χ3n) is 2.99. The van der Waals surface area contributed by atoms with Crippen molar-refractivity contribution in [2.45, 2.75) is 19.9 Å². The fourth-order valence-corrected chi connectivity index (χ4v) is 2.65. The Morgan fingerprint density at radius 2 is 1.68 bits per heavy atom. The van der Waals surface area contributed by atoms with Crippen molar-refractivity contribution in [3.8, 4) is 0 Å². The Bertz CT molecular complexity index is 599. The van der Waals surface area contributed by atoms with Gasteiger partial charge in [-0.1, -0.05) is 22.0 Å². The SMILES string of the molecule is Cc1cc(F)ccc1NC(C)c1ccc(F)cc1Br. The van der Waals surface area contributed by atoms with E-state index in [0.29, 0.717) is 4.47 Å². The van der Waals surface area contributed by atoms with Crippen molar-refractivity contribution >= 4 is 21.6 Å². The van der Waals surface area contributed by atoms with E-state index in [1.807, 2.05) is 13.8 Å². The average Bonchev–Trinajstić information content (AvgIpc) is 2.32. The van der Waals surface area contributed by atoms with Crippen LogP contribution in [0.15, 0.2) is 40.9 Å². The molecule has 0 spiro atoms. The first kappa shape index (κ1) is 14.0. The molecule has 19 heavy (non-hydrogen) atoms. The van der Waals surface area contributed by atoms with Crippen molar-refractivity contribution in [3.05, 3.63) is 63.6 Å². The number of aryl methyl sites for hydroxylation is 1. The van der Waals surface area contributed by atoms with Gasteiger partial charge in [-0.05, 0) is 55.3 Å². The number of benzene rings is 2. The van der Waals surface area contributed by atoms with Crippen molar-refractivity contribution in [1.29, 1.82) is 0 Å². The van der Waals surface area contributed by atoms with E-state index in [1.54, 1.807) is 12.1 Å². The maximum Gasteiger partial charge on any atom is 0.124 e. The fraction of sp³-hybridized carbons (Fsp3) is 0.200. The van der Waals surface area contributed by atoms with Crippen molar-refractivity contribution in [3.63, 3.8) is 0 Å². The van der Waals surface area contributed by atoms with Gasteiger partial charge in [0.1, 0.15) is 11.6 Å². The van der Waals surface area contributed by atoms with E-state index in [1.165, 1.54) is 24.3 Å². The Hall–Kier alpha value is -1.42. The summed E-state index contributed by atoms with van der Waals surface area (Å²) >= 11 is 3.35. The first-order valence-electron chi connectivity index (χ1n) is 5.95. The monoisotopic (exact) mass is 325 g/mol. The molecule has 1 unspecified atom stereocenters. The summed E-state index contributed by atoms with van der Waals surface area (Å²) in [5.41, 5.74) is 2.65. The molecule has 0 saturated heterocycles. The summed E-state index contributed by atoms with van der Waals surface area (Å²) < 4.78 is 26.8. The fourth-order valence-electron chi connectivity index (χ4n) is 1.95. The summed E-state index contributed by atoms with van der Waals surface area (Å²) in [5.74, 6) is -0.528. The average molecular weight is 326 g/mol. The van der Waals surface area contributed by atoms with Crippen molar-refractivity contribution in [2.75, 3.05) is 5.32 Å². The van der Waals surface area contributed by atoms with Gasteiger partial charge in [0.2, 0.25) is 0 Å². The third-order valence-corrected chi connectivity index (χ3v) is 3.68. The van der Waals surface area contributed by atoms with Gasteiger partial charge in [-0.15, -0.1) is 0 Å². The van der Waals surface area contributed by atoms with Gasteiger partial charge in [0, 0.05) is 16.2 Å². The molecule has 0 aliphatic heterocycles. The predicted molar refractivity (Wildman–Crippen MR) is 77.3 cm³/mol. The standard InChI is InChI=1S/C15H14BrF2N/c1-9-7-11(17)4-6-15(9)19-10(2)13-5-3-12(18)8-14(13)16/h3-8,10,19H,1-2H3. The van der Waals surface area contributed by atoms with Gasteiger partial charge in [-0.25, -0.2) is 8.78 Å². The van der Waals surface area contributed by atoms with Crippen molar-refractivity contribution in [1.82, 2.24) is 0 Å². The van der Waals surface area contributed by atoms with E-state index < -0.39 is 0 Å². The van der Waals surface area contributed by atoms with Crippen LogP contribution >= 0.6 is 15.9 Å². The molecule has 2 aromatic rings. The maximum atomic E-state index is 13.1. The number of halogens is 3. The maximum absolute atomic E-state index is 13.1. The van der Waals surface area contributed by atoms with Gasteiger partial charge in [0.25, 0.3) is 0 Å². The molecule has 0 radical (unpaired) electrons. The summed E-state index contributed by atoms with van der Waals surface area (Å²) in [5, 5.41) is 3.29. The lowest BCUT2D eigenvalue weighted by atomic mass is 10.1. The second-order valence-corrected chi connectivity index (χ2v) is 5.35. The quantitative estimate of drug-likeness (QED) is 0.816. The van der Waals surface area contributed by atoms with Gasteiger partial charge >= 0.3 is 0 Å². The molecule has 0 aliphatic carbocycles. The Labute approximate surface area is 119 Å². The molecule has 1 atom stereocenters. The summed E-state index contributed by atoms with van der Waals surface area (Å²) in [6.07, 6.45) is 0. The Balaban J connectivity index is 2.23. The first-order chi connectivity index (χ1) is 8.97. The highest BCUT2D eigenvalue weighted by Gasteiger charge is 2.11. The topological polar surface area (TPSA) is 12.0 Å². The molecule has 2 rings (SSSR count). The number of nitrogens with one attached hydrogen (secondary N) is 1. The molecule has 2 aromatic carbocycles. The molecule has 1 N–H and O–H groups in total. The highest BCUT2D eigenvalue weighted by Crippen LogP contribution is 2.28. The zero-order valence-electron chi connectivity index (χ0n) is 10.7. The molecule has 0 saturated carbocycles. The molecule has 0 bridgehead atoms. The van der Waals surface area contributed by atoms with Crippen LogP contribution in [0.2, 0.25) is 0 Å². The number of anilines is 1. The first-order valence-corrected chi connectivity index (χ1v) is 6.74. The Morgan fingerprint density at radius 3 is 2.32 bits per heavy atom. The normalized spacial score (nSPS) is 12.3. The molecule has 100 valence electrons. The van der Waals surface area contributed by atoms with Crippen LogP contribution in [0, 0.1) is 18.6 Å². The number of hydrogen-bond donors (Lipinski definition) is 1. The van der Waals surface area contributed by atoms with Crippen LogP contribution < -0.4 is 5.32 Å². The Kier molecular flexibility index (Phi) is 4.20. The van der Waals surface area contributed by atoms with Crippen LogP contribution in [-0.2, 0) is 0 Å². The summed E-state index contributed by atoms with van der Waals surface area (Å²) in [4.78, 5) is 0. The largest absolute Gasteiger partial charge is 0.378 e. The Morgan fingerprint density at radius 1 is 1.05 bits per heavy atom. The van der Waals surface area contributed by atoms with Crippen molar-refractivity contribution < 1.29 is 8.78 Å². The van der Waals surface area contributed by atoms with Gasteiger partial charge in [0.15, 0.2) is 0 Å². The van der Waals surface area contributed by atoms with Crippen LogP contribution in [-0.4, -0.2) is 0 Å². The van der Waals surface area contributed by atoms with E-state index in [2.05, 4.69) is 21.2 Å². The second kappa shape index (κ2) is 5.70. The minimum Gasteiger partial charge on any atom is -0.378 e. The van der Waals surface area contributed by atoms with Gasteiger partial charge < -0.3 is 5.32 Å². The van der Waals surface area contributed by atoms with Crippen molar-refractivity contribution in [2.24, 2.45) is 0 Å². The van der Waals surface area contributed by atoms with Gasteiger partial charge in [-0.2, -0.15) is 0 Å². The highest BCUT2D eigenvalue weighted by atomic mass is 79.9. The molecule has 0 amide bonds. The molecule has 0 fully saturated rings. The lowest BCUT2D eigenvalue weighted by Crippen LogP contribution is -2.08. The highest BCUT2D eigenvalue weighted by molar-refractivity contribution is 9.10. The second-order valence-electron chi connectivity index (χ2n) is 4.49. The van der Waals surface area contributed by atoms with E-state index in [0.717, 1.165) is 16.8 Å².